The van der Waals surface area contributed by atoms with Gasteiger partial charge in [0, 0.05) is 6.42 Å². The number of carbonyl (C=O) groups excluding carboxylic acids is 1. The minimum Gasteiger partial charge on any atom is -0.481 e. The molecule has 196 valence electrons. The zero-order valence-corrected chi connectivity index (χ0v) is 18.2. The highest BCUT2D eigenvalue weighted by molar-refractivity contribution is 5.95. The van der Waals surface area contributed by atoms with Gasteiger partial charge in [0.15, 0.2) is 0 Å². The van der Waals surface area contributed by atoms with Crippen LogP contribution < -0.4 is 4.74 Å². The van der Waals surface area contributed by atoms with Crippen molar-refractivity contribution in [1.82, 2.24) is 0 Å². The fourth-order valence-corrected chi connectivity index (χ4v) is 2.77. The number of carbonyl (C=O) groups is 4. The van der Waals surface area contributed by atoms with Crippen LogP contribution in [0.1, 0.15) is 39.1 Å². The van der Waals surface area contributed by atoms with Gasteiger partial charge in [-0.1, -0.05) is 18.2 Å². The van der Waals surface area contributed by atoms with E-state index >= 15 is 0 Å². The van der Waals surface area contributed by atoms with Crippen molar-refractivity contribution in [3.63, 3.8) is 0 Å². The van der Waals surface area contributed by atoms with Crippen LogP contribution in [-0.2, 0) is 9.59 Å². The van der Waals surface area contributed by atoms with Gasteiger partial charge in [-0.3, -0.25) is 9.59 Å². The van der Waals surface area contributed by atoms with Gasteiger partial charge in [-0.05, 0) is 49.2 Å². The number of ether oxygens (including phenoxy) is 1. The normalized spacial score (nSPS) is 11.6. The van der Waals surface area contributed by atoms with E-state index in [2.05, 4.69) is 0 Å². The molecule has 0 aromatic heterocycles. The van der Waals surface area contributed by atoms with Crippen molar-refractivity contribution in [2.75, 3.05) is 0 Å². The summed E-state index contributed by atoms with van der Waals surface area (Å²) in [6, 6.07) is 13.0. The Morgan fingerprint density at radius 3 is 1.72 bits per heavy atom. The number of aliphatic carboxylic acids is 2. The van der Waals surface area contributed by atoms with Crippen molar-refractivity contribution < 1.29 is 65.6 Å². The Morgan fingerprint density at radius 2 is 1.31 bits per heavy atom. The lowest BCUT2D eigenvalue weighted by Gasteiger charge is -2.32. The third-order valence-electron chi connectivity index (χ3n) is 4.56. The summed E-state index contributed by atoms with van der Waals surface area (Å²) >= 11 is 0. The first-order valence-corrected chi connectivity index (χ1v) is 9.63. The van der Waals surface area contributed by atoms with E-state index in [-0.39, 0.29) is 11.1 Å². The van der Waals surface area contributed by atoms with Crippen LogP contribution in [0.15, 0.2) is 48.5 Å². The molecule has 0 saturated heterocycles. The highest BCUT2D eigenvalue weighted by Gasteiger charge is 2.75. The van der Waals surface area contributed by atoms with E-state index in [0.717, 1.165) is 0 Å². The lowest BCUT2D eigenvalue weighted by atomic mass is 9.81. The summed E-state index contributed by atoms with van der Waals surface area (Å²) in [5.74, 6) is -6.34. The number of halogens is 6. The van der Waals surface area contributed by atoms with Crippen molar-refractivity contribution in [2.24, 2.45) is 5.41 Å². The van der Waals surface area contributed by atoms with Crippen molar-refractivity contribution in [3.8, 4) is 5.75 Å². The summed E-state index contributed by atoms with van der Waals surface area (Å²) in [4.78, 5) is 43.1. The smallest absolute Gasteiger partial charge is 0.413 e. The minimum atomic E-state index is -6.13. The van der Waals surface area contributed by atoms with Crippen LogP contribution in [0.5, 0.6) is 5.75 Å². The van der Waals surface area contributed by atoms with Gasteiger partial charge in [0.1, 0.15) is 5.75 Å². The van der Waals surface area contributed by atoms with Gasteiger partial charge in [0.05, 0.1) is 11.1 Å². The summed E-state index contributed by atoms with van der Waals surface area (Å²) in [6.07, 6.45) is -15.9. The number of alkyl halides is 6. The molecule has 0 radical (unpaired) electrons. The van der Waals surface area contributed by atoms with Gasteiger partial charge in [-0.2, -0.15) is 26.3 Å². The van der Waals surface area contributed by atoms with Crippen molar-refractivity contribution in [2.45, 2.75) is 32.1 Å². The molecule has 2 aromatic rings. The van der Waals surface area contributed by atoms with Crippen LogP contribution in [0.3, 0.4) is 0 Å². The molecule has 8 nitrogen and oxygen atoms in total. The number of para-hydroxylation sites is 1. The number of aryl methyl sites for hydroxylation is 1. The quantitative estimate of drug-likeness (QED) is 0.263. The fourth-order valence-electron chi connectivity index (χ4n) is 2.77. The third kappa shape index (κ3) is 7.45. The first-order valence-electron chi connectivity index (χ1n) is 9.63. The van der Waals surface area contributed by atoms with Crippen LogP contribution in [0.25, 0.3) is 0 Å². The first kappa shape index (κ1) is 29.9. The maximum atomic E-state index is 12.3. The number of hydrogen-bond donors (Lipinski definition) is 3. The Morgan fingerprint density at radius 1 is 0.806 bits per heavy atom. The Labute approximate surface area is 198 Å². The second-order valence-corrected chi connectivity index (χ2v) is 7.20. The molecule has 0 spiro atoms. The molecule has 14 heteroatoms. The predicted octanol–water partition coefficient (Wildman–Crippen LogP) is 4.96. The second kappa shape index (κ2) is 11.6. The molecule has 3 N–H and O–H groups in total. The van der Waals surface area contributed by atoms with Crippen molar-refractivity contribution in [1.29, 1.82) is 0 Å². The number of rotatable bonds is 7. The summed E-state index contributed by atoms with van der Waals surface area (Å²) in [7, 11) is 0. The topological polar surface area (TPSA) is 138 Å². The van der Waals surface area contributed by atoms with Crippen molar-refractivity contribution in [3.05, 3.63) is 65.2 Å². The van der Waals surface area contributed by atoms with Gasteiger partial charge in [0.2, 0.25) is 0 Å². The number of carboxylic acids is 3. The molecule has 0 bridgehead atoms. The maximum Gasteiger partial charge on any atom is 0.413 e. The molecule has 0 unspecified atom stereocenters. The molecule has 0 fully saturated rings. The van der Waals surface area contributed by atoms with E-state index in [1.807, 2.05) is 6.07 Å². The van der Waals surface area contributed by atoms with Crippen LogP contribution in [0.2, 0.25) is 0 Å². The van der Waals surface area contributed by atoms with Crippen LogP contribution in [0.4, 0.5) is 26.3 Å². The SMILES string of the molecule is Cc1cc(C(=O)O)cc(C(=O)Oc2ccccc2)c1.O=C(O)CCC(C(=O)O)(C(F)(F)F)C(F)(F)F. The molecule has 0 amide bonds. The molecule has 2 aromatic carbocycles. The fraction of sp³-hybridized carbons (Fsp3) is 0.273. The molecule has 0 saturated carbocycles. The Balaban J connectivity index is 0.000000363. The van der Waals surface area contributed by atoms with E-state index < -0.39 is 54.5 Å². The number of esters is 1. The maximum absolute atomic E-state index is 12.3. The van der Waals surface area contributed by atoms with Crippen molar-refractivity contribution >= 4 is 23.9 Å². The molecule has 0 heterocycles. The Hall–Kier alpha value is -4.10. The monoisotopic (exact) mass is 524 g/mol. The highest BCUT2D eigenvalue weighted by atomic mass is 19.4. The standard InChI is InChI=1S/C15H12O4.C7H6F6O4/c1-10-7-11(14(16)17)9-12(8-10)15(18)19-13-5-3-2-4-6-13;8-6(9,10)5(4(16)17,7(11,12)13)2-1-3(14)15/h2-9H,1H3,(H,16,17);1-2H2,(H,14,15)(H,16,17). The lowest BCUT2D eigenvalue weighted by Crippen LogP contribution is -2.55. The average molecular weight is 524 g/mol. The number of carboxylic acid groups (broad SMARTS) is 3. The molecule has 36 heavy (non-hydrogen) atoms. The van der Waals surface area contributed by atoms with Gasteiger partial charge < -0.3 is 20.1 Å². The number of benzene rings is 2. The lowest BCUT2D eigenvalue weighted by molar-refractivity contribution is -0.332. The molecule has 0 atom stereocenters. The number of aromatic carboxylic acids is 1. The third-order valence-corrected chi connectivity index (χ3v) is 4.56. The van der Waals surface area contributed by atoms with Crippen LogP contribution >= 0.6 is 0 Å². The Kier molecular flexibility index (Phi) is 9.61. The van der Waals surface area contributed by atoms with E-state index in [1.54, 1.807) is 37.3 Å². The molecule has 0 aliphatic rings. The summed E-state index contributed by atoms with van der Waals surface area (Å²) in [6.45, 7) is 1.73. The van der Waals surface area contributed by atoms with Gasteiger partial charge in [-0.15, -0.1) is 0 Å². The van der Waals surface area contributed by atoms with Crippen LogP contribution in [-0.4, -0.2) is 51.5 Å². The second-order valence-electron chi connectivity index (χ2n) is 7.20. The average Bonchev–Trinajstić information content (AvgIpc) is 2.72. The highest BCUT2D eigenvalue weighted by Crippen LogP contribution is 2.53. The van der Waals surface area contributed by atoms with E-state index in [1.165, 1.54) is 12.1 Å². The number of hydrogen-bond acceptors (Lipinski definition) is 5. The predicted molar refractivity (Wildman–Crippen MR) is 109 cm³/mol. The van der Waals surface area contributed by atoms with Gasteiger partial charge in [-0.25, -0.2) is 9.59 Å². The first-order chi connectivity index (χ1) is 16.4. The molecule has 2 rings (SSSR count). The minimum absolute atomic E-state index is 0.0695. The van der Waals surface area contributed by atoms with Gasteiger partial charge in [0.25, 0.3) is 5.41 Å². The molecule has 0 aliphatic carbocycles. The zero-order chi connectivity index (χ0) is 27.9. The molecule has 0 aliphatic heterocycles. The van der Waals surface area contributed by atoms with Crippen LogP contribution in [0, 0.1) is 12.3 Å². The van der Waals surface area contributed by atoms with E-state index in [4.69, 9.17) is 20.1 Å². The Bertz CT molecular complexity index is 1100. The van der Waals surface area contributed by atoms with Gasteiger partial charge >= 0.3 is 36.2 Å². The summed E-state index contributed by atoms with van der Waals surface area (Å²) < 4.78 is 78.8. The van der Waals surface area contributed by atoms with E-state index in [0.29, 0.717) is 11.3 Å². The summed E-state index contributed by atoms with van der Waals surface area (Å²) in [5, 5.41) is 25.2. The zero-order valence-electron chi connectivity index (χ0n) is 18.2. The summed E-state index contributed by atoms with van der Waals surface area (Å²) in [5.41, 5.74) is -4.07. The molecular formula is C22H18F6O8. The molecular weight excluding hydrogens is 506 g/mol. The largest absolute Gasteiger partial charge is 0.481 e. The van der Waals surface area contributed by atoms with E-state index in [9.17, 15) is 45.5 Å².